The Kier molecular flexibility index (Phi) is 45.4. The highest BCUT2D eigenvalue weighted by molar-refractivity contribution is 6.01. The first-order valence-corrected chi connectivity index (χ1v) is 44.2. The van der Waals surface area contributed by atoms with E-state index in [1.54, 1.807) is 41.5 Å². The van der Waals surface area contributed by atoms with E-state index in [1.165, 1.54) is 70.2 Å². The highest BCUT2D eigenvalue weighted by atomic mass is 16.4. The fourth-order valence-electron chi connectivity index (χ4n) is 15.2. The number of aromatic hydroxyl groups is 2. The Morgan fingerprint density at radius 3 is 1.33 bits per heavy atom. The molecule has 15 amide bonds. The molecular weight excluding hydrogens is 1680 g/mol. The Bertz CT molecular complexity index is 4160. The van der Waals surface area contributed by atoms with Crippen molar-refractivity contribution in [2.45, 2.75) is 274 Å². The number of nitrogens with two attached hydrogens (primary N) is 5. The Morgan fingerprint density at radius 1 is 0.442 bits per heavy atom. The lowest BCUT2D eigenvalue weighted by atomic mass is 9.94. The predicted octanol–water partition coefficient (Wildman–Crippen LogP) is -4.96. The number of amides is 15. The molecule has 18 atom stereocenters. The minimum atomic E-state index is -1.76. The van der Waals surface area contributed by atoms with Gasteiger partial charge < -0.3 is 138 Å². The molecule has 2 aromatic rings. The number of carbonyl (C=O) groups is 17. The minimum absolute atomic E-state index is 0.0212. The van der Waals surface area contributed by atoms with Gasteiger partial charge in [0.15, 0.2) is 5.96 Å². The van der Waals surface area contributed by atoms with Crippen LogP contribution in [0.1, 0.15) is 182 Å². The van der Waals surface area contributed by atoms with Crippen LogP contribution in [0, 0.1) is 17.8 Å². The number of carboxylic acid groups (broad SMARTS) is 2. The molecule has 28 N–H and O–H groups in total. The first-order valence-electron chi connectivity index (χ1n) is 44.2. The Balaban J connectivity index is 1.34. The number of guanidine groups is 1. The van der Waals surface area contributed by atoms with E-state index in [4.69, 9.17) is 28.7 Å². The monoisotopic (exact) mass is 1820 g/mol. The number of nitrogens with one attached hydrogen (secondary N) is 12. The number of phenolic OH excluding ortho intramolecular Hbond substituents is 2. The summed E-state index contributed by atoms with van der Waals surface area (Å²) < 4.78 is 0. The van der Waals surface area contributed by atoms with E-state index < -0.39 is 242 Å². The number of aliphatic carboxylic acids is 2. The molecule has 0 saturated carbocycles. The molecule has 44 nitrogen and oxygen atoms in total. The third-order valence-corrected chi connectivity index (χ3v) is 23.3. The first kappa shape index (κ1) is 108. The number of phenols is 2. The van der Waals surface area contributed by atoms with Gasteiger partial charge in [0, 0.05) is 45.4 Å². The zero-order valence-electron chi connectivity index (χ0n) is 74.5. The molecule has 0 unspecified atom stereocenters. The molecule has 3 aliphatic heterocycles. The fourth-order valence-corrected chi connectivity index (χ4v) is 15.2. The predicted molar refractivity (Wildman–Crippen MR) is 468 cm³/mol. The summed E-state index contributed by atoms with van der Waals surface area (Å²) >= 11 is 0. The fraction of sp³-hybridized carbons (Fsp3) is 0.647. The Morgan fingerprint density at radius 2 is 0.837 bits per heavy atom. The van der Waals surface area contributed by atoms with E-state index in [2.05, 4.69) is 68.8 Å². The summed E-state index contributed by atoms with van der Waals surface area (Å²) in [7, 11) is 0. The second kappa shape index (κ2) is 54.4. The van der Waals surface area contributed by atoms with Gasteiger partial charge in [-0.15, -0.1) is 0 Å². The summed E-state index contributed by atoms with van der Waals surface area (Å²) in [6, 6.07) is -8.68. The van der Waals surface area contributed by atoms with Gasteiger partial charge in [0.1, 0.15) is 90.0 Å². The summed E-state index contributed by atoms with van der Waals surface area (Å²) in [6.45, 7) is 9.54. The number of likely N-dealkylation sites (tertiary alicyclic amines) is 3. The van der Waals surface area contributed by atoms with Crippen molar-refractivity contribution in [1.29, 1.82) is 0 Å². The average molecular weight is 1820 g/mol. The van der Waals surface area contributed by atoms with Crippen LogP contribution in [0.5, 0.6) is 11.5 Å². The normalized spacial score (nSPS) is 18.3. The molecule has 3 aliphatic rings. The molecule has 3 fully saturated rings. The van der Waals surface area contributed by atoms with Gasteiger partial charge in [0.25, 0.3) is 0 Å². The molecular formula is C85H135N21O23. The van der Waals surface area contributed by atoms with Gasteiger partial charge in [-0.1, -0.05) is 85.1 Å². The van der Waals surface area contributed by atoms with Crippen molar-refractivity contribution in [3.8, 4) is 11.5 Å². The topological polar surface area (TPSA) is 708 Å². The Labute approximate surface area is 749 Å². The van der Waals surface area contributed by atoms with Crippen molar-refractivity contribution in [1.82, 2.24) is 78.5 Å². The van der Waals surface area contributed by atoms with Gasteiger partial charge in [-0.2, -0.15) is 0 Å². The zero-order valence-corrected chi connectivity index (χ0v) is 74.5. The summed E-state index contributed by atoms with van der Waals surface area (Å²) in [5, 5.41) is 92.1. The maximum Gasteiger partial charge on any atom is 0.326 e. The molecule has 0 bridgehead atoms. The lowest BCUT2D eigenvalue weighted by Gasteiger charge is -2.32. The number of aliphatic hydroxyl groups is 2. The number of aliphatic imine (C=N–C) groups is 1. The van der Waals surface area contributed by atoms with Gasteiger partial charge in [-0.05, 0) is 169 Å². The summed E-state index contributed by atoms with van der Waals surface area (Å²) in [5.74, 6) is -18.3. The maximum atomic E-state index is 15.0. The van der Waals surface area contributed by atoms with E-state index in [1.807, 2.05) is 0 Å². The maximum absolute atomic E-state index is 15.0. The highest BCUT2D eigenvalue weighted by Crippen LogP contribution is 2.27. The van der Waals surface area contributed by atoms with Crippen molar-refractivity contribution in [3.63, 3.8) is 0 Å². The van der Waals surface area contributed by atoms with Gasteiger partial charge >= 0.3 is 11.9 Å². The summed E-state index contributed by atoms with van der Waals surface area (Å²) in [4.78, 5) is 245. The standard InChI is InChI=1S/C85H135N21O23/c1-8-46(4)67(102-79(123)69(48(6)10-3)101-75(119)58(41-50-25-29-52(109)30-26-50)94-64(111)44-93-77(121)70(49(7)108)103-80(124)68(47(5)9-2)100-71(115)54(88)19-15-37-91-85(89)90)78(122)97-55(20-11-13-35-86)72(116)99-59(42-51-27-31-53(110)32-28-51)74(118)96-56(33-34-66(113)114)73(117)98-57(21-12-14-36-87)81(125)104-38-16-22-61(104)76(120)92-43-65(112)95-60(45-107)82(126)105-39-17-23-62(105)83(127)106-40-18-24-63(106)84(128)129/h25-32,46-49,54-63,67-70,107-110H,8-24,33-45,86-88H2,1-7H3,(H,92,120)(H,93,121)(H,94,111)(H,95,112)(H,96,118)(H,97,122)(H,98,117)(H,99,116)(H,100,115)(H,101,119)(H,102,123)(H,103,124)(H,113,114)(H,128,129)(H4,89,90,91)/t46-,47-,48-,49+,54-,55-,56-,57-,58-,59-,60-,61-,62-,63-,67-,68-,69-,70-/m0/s1. The molecule has 44 heteroatoms. The molecule has 0 spiro atoms. The second-order valence-corrected chi connectivity index (χ2v) is 33.2. The van der Waals surface area contributed by atoms with Crippen LogP contribution < -0.4 is 92.5 Å². The Hall–Kier alpha value is -11.9. The van der Waals surface area contributed by atoms with E-state index in [9.17, 15) is 107 Å². The van der Waals surface area contributed by atoms with Crippen LogP contribution in [-0.2, 0) is 94.3 Å². The number of hydrogen-bond donors (Lipinski definition) is 23. The lowest BCUT2D eigenvalue weighted by Crippen LogP contribution is -2.62. The first-order chi connectivity index (χ1) is 61.2. The molecule has 718 valence electrons. The van der Waals surface area contributed by atoms with Crippen molar-refractivity contribution in [2.75, 3.05) is 59.0 Å². The molecule has 3 saturated heterocycles. The molecule has 3 heterocycles. The number of nitrogens with zero attached hydrogens (tertiary/aromatic N) is 4. The van der Waals surface area contributed by atoms with Crippen molar-refractivity contribution in [2.24, 2.45) is 51.4 Å². The molecule has 0 radical (unpaired) electrons. The number of unbranched alkanes of at least 4 members (excludes halogenated alkanes) is 2. The smallest absolute Gasteiger partial charge is 0.326 e. The highest BCUT2D eigenvalue weighted by Gasteiger charge is 2.46. The van der Waals surface area contributed by atoms with E-state index in [0.29, 0.717) is 49.7 Å². The van der Waals surface area contributed by atoms with Crippen LogP contribution in [-0.4, -0.2) is 301 Å². The van der Waals surface area contributed by atoms with Crippen LogP contribution in [0.15, 0.2) is 53.5 Å². The third kappa shape index (κ3) is 34.2. The number of carboxylic acids is 2. The molecule has 0 aromatic heterocycles. The number of aliphatic hydroxyl groups excluding tert-OH is 2. The van der Waals surface area contributed by atoms with Crippen LogP contribution >= 0.6 is 0 Å². The number of rotatable bonds is 55. The summed E-state index contributed by atoms with van der Waals surface area (Å²) in [6.07, 6.45) is 0.326. The summed E-state index contributed by atoms with van der Waals surface area (Å²) in [5.41, 5.74) is 29.4. The van der Waals surface area contributed by atoms with Crippen LogP contribution in [0.2, 0.25) is 0 Å². The van der Waals surface area contributed by atoms with Crippen molar-refractivity contribution >= 4 is 107 Å². The van der Waals surface area contributed by atoms with E-state index in [0.717, 1.165) is 0 Å². The van der Waals surface area contributed by atoms with Gasteiger partial charge in [-0.25, -0.2) is 4.79 Å². The largest absolute Gasteiger partial charge is 0.508 e. The minimum Gasteiger partial charge on any atom is -0.508 e. The number of carbonyl (C=O) groups excluding carboxylic acids is 15. The quantitative estimate of drug-likeness (QED) is 0.0168. The zero-order chi connectivity index (χ0) is 95.9. The van der Waals surface area contributed by atoms with Crippen LogP contribution in [0.4, 0.5) is 0 Å². The number of benzene rings is 2. The van der Waals surface area contributed by atoms with Crippen molar-refractivity contribution < 1.29 is 112 Å². The lowest BCUT2D eigenvalue weighted by molar-refractivity contribution is -0.152. The van der Waals surface area contributed by atoms with Gasteiger partial charge in [0.2, 0.25) is 88.6 Å². The molecule has 5 rings (SSSR count). The molecule has 2 aromatic carbocycles. The SMILES string of the molecule is CC[C@H](C)[C@H](NC(=O)[C@H](Cc1ccc(O)cc1)NC(=O)CNC(=O)[C@@H](NC(=O)[C@@H](NC(=O)[C@@H](N)CCCN=C(N)N)[C@@H](C)CC)[C@@H](C)O)C(=O)N[C@H](C(=O)N[C@@H](CCCCN)C(=O)N[C@@H](Cc1ccc(O)cc1)C(=O)N[C@@H](CCC(=O)O)C(=O)N[C@@H](CCCCN)C(=O)N1CCC[C@H]1C(=O)NCC(=O)N[C@@H](CO)C(=O)N1CCC[C@H]1C(=O)N1CCC[C@H]1C(=O)O)[C@@H](C)CC. The van der Waals surface area contributed by atoms with Gasteiger partial charge in [0.05, 0.1) is 31.8 Å². The van der Waals surface area contributed by atoms with Crippen LogP contribution in [0.25, 0.3) is 0 Å². The second-order valence-electron chi connectivity index (χ2n) is 33.2. The number of hydrogen-bond acceptors (Lipinski definition) is 25. The van der Waals surface area contributed by atoms with E-state index >= 15 is 4.79 Å². The van der Waals surface area contributed by atoms with Crippen LogP contribution in [0.3, 0.4) is 0 Å². The molecule has 0 aliphatic carbocycles. The third-order valence-electron chi connectivity index (χ3n) is 23.3. The van der Waals surface area contributed by atoms with Gasteiger partial charge in [-0.3, -0.25) is 81.7 Å². The average Bonchev–Trinajstić information content (AvgIpc) is 1.70. The van der Waals surface area contributed by atoms with E-state index in [-0.39, 0.29) is 140 Å². The molecule has 129 heavy (non-hydrogen) atoms. The van der Waals surface area contributed by atoms with Crippen molar-refractivity contribution in [3.05, 3.63) is 59.7 Å².